The number of fused-ring (bicyclic) bond motifs is 1. The van der Waals surface area contributed by atoms with Crippen molar-refractivity contribution in [1.29, 1.82) is 0 Å². The van der Waals surface area contributed by atoms with E-state index in [4.69, 9.17) is 20.9 Å². The minimum absolute atomic E-state index is 0.00302. The zero-order valence-corrected chi connectivity index (χ0v) is 43.8. The average Bonchev–Trinajstić information content (AvgIpc) is 3.93. The number of carbonyl (C=O) groups excluding carboxylic acids is 8. The number of hydrogen-bond donors (Lipinski definition) is 6. The summed E-state index contributed by atoms with van der Waals surface area (Å²) in [5.74, 6) is -4.49. The largest absolute Gasteiger partial charge is 0.444 e. The van der Waals surface area contributed by atoms with Crippen LogP contribution < -0.4 is 27.4 Å². The van der Waals surface area contributed by atoms with Gasteiger partial charge in [-0.3, -0.25) is 28.8 Å². The van der Waals surface area contributed by atoms with Gasteiger partial charge in [0.2, 0.25) is 23.6 Å². The SMILES string of the molecule is CC(C)CCC(=O)N(C(CC(C)C)C(N)=O)N1CC[C@H](NC(=O)[C@@H](Cc2ccccc2)NC(=O)[C@@H](Cc2c[nH]c3ccccc23)N(C(=O)OCc2ccccc2)C(=O)[C@H](CCCCN)NC(=O)OC(C)(C)C)C1=O. The first-order valence-corrected chi connectivity index (χ1v) is 25.5. The normalized spacial score (nSPS) is 15.2. The van der Waals surface area contributed by atoms with E-state index in [1.807, 2.05) is 45.9 Å². The lowest BCUT2D eigenvalue weighted by Crippen LogP contribution is -2.61. The number of H-pyrrole nitrogens is 1. The number of nitrogens with zero attached hydrogens (tertiary/aromatic N) is 3. The molecule has 4 aromatic rings. The molecular formula is C55H75N9O10. The molecule has 0 radical (unpaired) electrons. The number of unbranched alkanes of at least 4 members (excludes halogenated alkanes) is 1. The molecule has 400 valence electrons. The van der Waals surface area contributed by atoms with Crippen LogP contribution >= 0.6 is 0 Å². The predicted molar refractivity (Wildman–Crippen MR) is 279 cm³/mol. The Bertz CT molecular complexity index is 2550. The highest BCUT2D eigenvalue weighted by Crippen LogP contribution is 2.26. The summed E-state index contributed by atoms with van der Waals surface area (Å²) in [7, 11) is 0. The quantitative estimate of drug-likeness (QED) is 0.0433. The zero-order chi connectivity index (χ0) is 54.1. The molecule has 8 N–H and O–H groups in total. The lowest BCUT2D eigenvalue weighted by molar-refractivity contribution is -0.169. The van der Waals surface area contributed by atoms with Gasteiger partial charge in [-0.25, -0.2) is 24.5 Å². The first-order valence-electron chi connectivity index (χ1n) is 25.5. The Balaban J connectivity index is 1.56. The second-order valence-electron chi connectivity index (χ2n) is 20.6. The second-order valence-corrected chi connectivity index (χ2v) is 20.6. The number of rotatable bonds is 25. The minimum atomic E-state index is -1.71. The Morgan fingerprint density at radius 3 is 2.05 bits per heavy atom. The molecule has 0 bridgehead atoms. The van der Waals surface area contributed by atoms with E-state index in [-0.39, 0.29) is 70.1 Å². The van der Waals surface area contributed by atoms with Crippen molar-refractivity contribution in [3.05, 3.63) is 108 Å². The number of benzene rings is 3. The minimum Gasteiger partial charge on any atom is -0.444 e. The van der Waals surface area contributed by atoms with Crippen LogP contribution in [0, 0.1) is 11.8 Å². The molecule has 1 unspecified atom stereocenters. The molecule has 5 rings (SSSR count). The topological polar surface area (TPSA) is 269 Å². The van der Waals surface area contributed by atoms with Crippen molar-refractivity contribution in [3.8, 4) is 0 Å². The van der Waals surface area contributed by atoms with Crippen molar-refractivity contribution in [2.45, 2.75) is 149 Å². The Morgan fingerprint density at radius 1 is 0.784 bits per heavy atom. The molecular weight excluding hydrogens is 947 g/mol. The lowest BCUT2D eigenvalue weighted by atomic mass is 9.99. The number of nitrogens with two attached hydrogens (primary N) is 2. The molecule has 0 saturated carbocycles. The summed E-state index contributed by atoms with van der Waals surface area (Å²) in [6.45, 7) is 12.6. The maximum Gasteiger partial charge on any atom is 0.417 e. The average molecular weight is 1020 g/mol. The molecule has 1 fully saturated rings. The van der Waals surface area contributed by atoms with Gasteiger partial charge in [0.05, 0.1) is 0 Å². The molecule has 19 nitrogen and oxygen atoms in total. The van der Waals surface area contributed by atoms with Crippen LogP contribution in [0.1, 0.15) is 110 Å². The van der Waals surface area contributed by atoms with Crippen LogP contribution in [0.5, 0.6) is 0 Å². The van der Waals surface area contributed by atoms with E-state index in [1.165, 1.54) is 5.01 Å². The van der Waals surface area contributed by atoms with E-state index < -0.39 is 83.4 Å². The number of hydrogen-bond acceptors (Lipinski definition) is 11. The van der Waals surface area contributed by atoms with Crippen molar-refractivity contribution in [1.82, 2.24) is 35.9 Å². The highest BCUT2D eigenvalue weighted by molar-refractivity contribution is 6.02. The van der Waals surface area contributed by atoms with Gasteiger partial charge < -0.3 is 41.9 Å². The molecule has 3 aromatic carbocycles. The number of aromatic nitrogens is 1. The first-order chi connectivity index (χ1) is 35.2. The number of carbonyl (C=O) groups is 8. The van der Waals surface area contributed by atoms with Crippen LogP contribution in [0.25, 0.3) is 10.9 Å². The van der Waals surface area contributed by atoms with E-state index >= 15 is 9.59 Å². The monoisotopic (exact) mass is 1020 g/mol. The Morgan fingerprint density at radius 2 is 1.43 bits per heavy atom. The van der Waals surface area contributed by atoms with Crippen LogP contribution in [0.15, 0.2) is 91.1 Å². The molecule has 0 aliphatic carbocycles. The maximum atomic E-state index is 15.4. The number of primary amides is 1. The molecule has 74 heavy (non-hydrogen) atoms. The summed E-state index contributed by atoms with van der Waals surface area (Å²) in [4.78, 5) is 119. The Kier molecular flexibility index (Phi) is 21.1. The number of ether oxygens (including phenoxy) is 2. The van der Waals surface area contributed by atoms with Crippen molar-refractivity contribution in [2.75, 3.05) is 13.1 Å². The van der Waals surface area contributed by atoms with Crippen LogP contribution in [0.2, 0.25) is 0 Å². The van der Waals surface area contributed by atoms with E-state index in [2.05, 4.69) is 20.9 Å². The van der Waals surface area contributed by atoms with E-state index in [9.17, 15) is 28.8 Å². The van der Waals surface area contributed by atoms with Crippen molar-refractivity contribution >= 4 is 58.5 Å². The third-order valence-corrected chi connectivity index (χ3v) is 12.5. The van der Waals surface area contributed by atoms with Gasteiger partial charge >= 0.3 is 12.2 Å². The van der Waals surface area contributed by atoms with Crippen LogP contribution in [0.4, 0.5) is 9.59 Å². The standard InChI is InChI=1S/C55H75N9O10/c1-35(2)25-26-47(65)64(45(48(57)66)30-36(3)4)62-29-27-43(51(62)69)59-49(67)44(31-37-18-10-8-11-19-37)60-50(68)46(32-39-33-58-41-23-15-14-22-40(39)41)63(54(72)73-34-38-20-12-9-13-21-38)52(70)42(24-16-17-28-56)61-53(71)74-55(5,6)7/h8-15,18-23,33,35-36,42-46,58H,16-17,24-32,34,56H2,1-7H3,(H2,57,66)(H,59,67)(H,60,68)(H,61,71)/t42-,43-,44+,45?,46+/m0/s1. The van der Waals surface area contributed by atoms with E-state index in [1.54, 1.807) is 93.7 Å². The van der Waals surface area contributed by atoms with E-state index in [0.29, 0.717) is 51.8 Å². The summed E-state index contributed by atoms with van der Waals surface area (Å²) in [5, 5.41) is 11.3. The van der Waals surface area contributed by atoms with Gasteiger partial charge in [0.1, 0.15) is 42.4 Å². The second kappa shape index (κ2) is 27.1. The fraction of sp³-hybridized carbons (Fsp3) is 0.491. The Labute approximate surface area is 433 Å². The molecule has 1 aliphatic heterocycles. The molecule has 1 aliphatic rings. The number of amides is 8. The Hall–Kier alpha value is -7.28. The number of alkyl carbamates (subject to hydrolysis) is 1. The van der Waals surface area contributed by atoms with Crippen molar-refractivity contribution in [2.24, 2.45) is 23.3 Å². The van der Waals surface area contributed by atoms with Crippen LogP contribution in [-0.2, 0) is 57.7 Å². The van der Waals surface area contributed by atoms with Gasteiger partial charge in [-0.15, -0.1) is 0 Å². The lowest BCUT2D eigenvalue weighted by Gasteiger charge is -2.37. The third-order valence-electron chi connectivity index (χ3n) is 12.5. The highest BCUT2D eigenvalue weighted by Gasteiger charge is 2.45. The summed E-state index contributed by atoms with van der Waals surface area (Å²) >= 11 is 0. The molecule has 5 atom stereocenters. The fourth-order valence-electron chi connectivity index (χ4n) is 8.74. The number of imide groups is 1. The summed E-state index contributed by atoms with van der Waals surface area (Å²) in [6, 6.07) is 17.9. The van der Waals surface area contributed by atoms with Crippen molar-refractivity contribution in [3.63, 3.8) is 0 Å². The highest BCUT2D eigenvalue weighted by atomic mass is 16.6. The van der Waals surface area contributed by atoms with Crippen molar-refractivity contribution < 1.29 is 47.8 Å². The summed E-state index contributed by atoms with van der Waals surface area (Å²) in [6.07, 6.45) is 0.739. The van der Waals surface area contributed by atoms with Crippen LogP contribution in [0.3, 0.4) is 0 Å². The maximum absolute atomic E-state index is 15.4. The third kappa shape index (κ3) is 16.6. The van der Waals surface area contributed by atoms with E-state index in [0.717, 1.165) is 5.01 Å². The fourth-order valence-corrected chi connectivity index (χ4v) is 8.74. The van der Waals surface area contributed by atoms with Gasteiger partial charge in [-0.05, 0) is 100 Å². The van der Waals surface area contributed by atoms with Crippen LogP contribution in [-0.4, -0.2) is 116 Å². The molecule has 1 saturated heterocycles. The molecule has 8 amide bonds. The van der Waals surface area contributed by atoms with Gasteiger partial charge in [0, 0.05) is 42.9 Å². The molecule has 19 heteroatoms. The molecule has 1 aromatic heterocycles. The van der Waals surface area contributed by atoms with Gasteiger partial charge in [-0.2, -0.15) is 0 Å². The van der Waals surface area contributed by atoms with Gasteiger partial charge in [0.25, 0.3) is 11.8 Å². The number of aromatic amines is 1. The first kappa shape index (κ1) is 57.6. The number of para-hydroxylation sites is 1. The summed E-state index contributed by atoms with van der Waals surface area (Å²) in [5.41, 5.74) is 13.2. The summed E-state index contributed by atoms with van der Waals surface area (Å²) < 4.78 is 11.4. The molecule has 0 spiro atoms. The zero-order valence-electron chi connectivity index (χ0n) is 43.8. The number of nitrogens with one attached hydrogen (secondary N) is 4. The molecule has 2 heterocycles. The van der Waals surface area contributed by atoms with Gasteiger partial charge in [0.15, 0.2) is 0 Å². The number of hydrazine groups is 1. The predicted octanol–water partition coefficient (Wildman–Crippen LogP) is 5.79. The van der Waals surface area contributed by atoms with Gasteiger partial charge in [-0.1, -0.05) is 107 Å². The smallest absolute Gasteiger partial charge is 0.417 e.